The maximum atomic E-state index is 12.4. The van der Waals surface area contributed by atoms with E-state index in [2.05, 4.69) is 26.0 Å². The summed E-state index contributed by atoms with van der Waals surface area (Å²) >= 11 is 3.39. The van der Waals surface area contributed by atoms with E-state index in [1.54, 1.807) is 6.07 Å². The highest BCUT2D eigenvalue weighted by atomic mass is 79.9. The van der Waals surface area contributed by atoms with Crippen molar-refractivity contribution in [2.45, 2.75) is 11.8 Å². The molecule has 0 saturated heterocycles. The molecule has 0 aliphatic heterocycles. The van der Waals surface area contributed by atoms with Crippen LogP contribution in [0.1, 0.15) is 15.9 Å². The summed E-state index contributed by atoms with van der Waals surface area (Å²) in [4.78, 5) is 12.3. The standard InChI is InChI=1S/C16H17BrN2O4S/c1-10-4-6-13(12(17)8-10)19-16(20)11-5-7-14(23-3)15(9-11)24(21,22)18-2/h4-9,18H,1-3H3,(H,19,20). The summed E-state index contributed by atoms with van der Waals surface area (Å²) in [5, 5.41) is 2.75. The van der Waals surface area contributed by atoms with Crippen LogP contribution in [0.2, 0.25) is 0 Å². The maximum absolute atomic E-state index is 12.4. The summed E-state index contributed by atoms with van der Waals surface area (Å²) in [6, 6.07) is 9.74. The normalized spacial score (nSPS) is 11.2. The van der Waals surface area contributed by atoms with Gasteiger partial charge in [0.25, 0.3) is 5.91 Å². The van der Waals surface area contributed by atoms with Gasteiger partial charge in [-0.05, 0) is 65.8 Å². The molecular weight excluding hydrogens is 396 g/mol. The summed E-state index contributed by atoms with van der Waals surface area (Å²) in [5.41, 5.74) is 1.85. The Hall–Kier alpha value is -1.90. The molecule has 0 saturated carbocycles. The Kier molecular flexibility index (Phi) is 5.63. The number of amides is 1. The molecule has 2 N–H and O–H groups in total. The van der Waals surface area contributed by atoms with Gasteiger partial charge >= 0.3 is 0 Å². The van der Waals surface area contributed by atoms with Crippen molar-refractivity contribution in [1.29, 1.82) is 0 Å². The van der Waals surface area contributed by atoms with Gasteiger partial charge in [0.2, 0.25) is 10.0 Å². The molecule has 0 unspecified atom stereocenters. The molecule has 0 heterocycles. The fourth-order valence-electron chi connectivity index (χ4n) is 2.05. The van der Waals surface area contributed by atoms with E-state index in [1.807, 2.05) is 19.1 Å². The lowest BCUT2D eigenvalue weighted by Crippen LogP contribution is -2.20. The molecule has 6 nitrogen and oxygen atoms in total. The van der Waals surface area contributed by atoms with Gasteiger partial charge in [-0.3, -0.25) is 4.79 Å². The SMILES string of the molecule is CNS(=O)(=O)c1cc(C(=O)Nc2ccc(C)cc2Br)ccc1OC. The number of sulfonamides is 1. The quantitative estimate of drug-likeness (QED) is 0.790. The van der Waals surface area contributed by atoms with Crippen LogP contribution >= 0.6 is 15.9 Å². The molecule has 0 aromatic heterocycles. The average Bonchev–Trinajstić information content (AvgIpc) is 2.56. The first-order valence-corrected chi connectivity index (χ1v) is 9.25. The number of benzene rings is 2. The number of halogens is 1. The van der Waals surface area contributed by atoms with Gasteiger partial charge < -0.3 is 10.1 Å². The molecule has 0 bridgehead atoms. The molecule has 2 aromatic rings. The van der Waals surface area contributed by atoms with Gasteiger partial charge in [-0.15, -0.1) is 0 Å². The van der Waals surface area contributed by atoms with Crippen molar-refractivity contribution in [1.82, 2.24) is 4.72 Å². The Labute approximate surface area is 149 Å². The van der Waals surface area contributed by atoms with Gasteiger partial charge in [0.05, 0.1) is 12.8 Å². The lowest BCUT2D eigenvalue weighted by atomic mass is 10.2. The number of nitrogens with one attached hydrogen (secondary N) is 2. The average molecular weight is 413 g/mol. The highest BCUT2D eigenvalue weighted by Gasteiger charge is 2.20. The number of hydrogen-bond donors (Lipinski definition) is 2. The molecule has 2 aromatic carbocycles. The van der Waals surface area contributed by atoms with Crippen molar-refractivity contribution < 1.29 is 17.9 Å². The number of anilines is 1. The maximum Gasteiger partial charge on any atom is 0.255 e. The second kappa shape index (κ2) is 7.33. The number of carbonyl (C=O) groups is 1. The van der Waals surface area contributed by atoms with Crippen LogP contribution < -0.4 is 14.8 Å². The van der Waals surface area contributed by atoms with Crippen LogP contribution in [0.4, 0.5) is 5.69 Å². The van der Waals surface area contributed by atoms with Gasteiger partial charge in [-0.1, -0.05) is 6.07 Å². The summed E-state index contributed by atoms with van der Waals surface area (Å²) in [6.45, 7) is 1.94. The molecule has 0 radical (unpaired) electrons. The van der Waals surface area contributed by atoms with Crippen LogP contribution in [0, 0.1) is 6.92 Å². The Bertz CT molecular complexity index is 882. The molecule has 1 amide bonds. The Balaban J connectivity index is 2.38. The number of carbonyl (C=O) groups excluding carboxylic acids is 1. The predicted octanol–water partition coefficient (Wildman–Crippen LogP) is 2.93. The minimum absolute atomic E-state index is 0.0943. The molecule has 24 heavy (non-hydrogen) atoms. The molecule has 0 aliphatic carbocycles. The van der Waals surface area contributed by atoms with E-state index in [0.29, 0.717) is 5.69 Å². The lowest BCUT2D eigenvalue weighted by Gasteiger charge is -2.12. The fourth-order valence-corrected chi connectivity index (χ4v) is 3.56. The molecule has 0 spiro atoms. The van der Waals surface area contributed by atoms with E-state index in [-0.39, 0.29) is 16.2 Å². The monoisotopic (exact) mass is 412 g/mol. The highest BCUT2D eigenvalue weighted by molar-refractivity contribution is 9.10. The predicted molar refractivity (Wildman–Crippen MR) is 96.1 cm³/mol. The minimum atomic E-state index is -3.75. The van der Waals surface area contributed by atoms with E-state index in [9.17, 15) is 13.2 Å². The van der Waals surface area contributed by atoms with Crippen molar-refractivity contribution in [2.24, 2.45) is 0 Å². The third-order valence-corrected chi connectivity index (χ3v) is 5.45. The van der Waals surface area contributed by atoms with Crippen LogP contribution in [-0.2, 0) is 10.0 Å². The van der Waals surface area contributed by atoms with Crippen LogP contribution in [-0.4, -0.2) is 28.5 Å². The summed E-state index contributed by atoms with van der Waals surface area (Å²) < 4.78 is 32.2. The highest BCUT2D eigenvalue weighted by Crippen LogP contribution is 2.27. The molecule has 0 atom stereocenters. The van der Waals surface area contributed by atoms with Crippen LogP contribution in [0.5, 0.6) is 5.75 Å². The summed E-state index contributed by atoms with van der Waals surface area (Å²) in [5.74, 6) is -0.257. The summed E-state index contributed by atoms with van der Waals surface area (Å²) in [6.07, 6.45) is 0. The van der Waals surface area contributed by atoms with E-state index in [4.69, 9.17) is 4.74 Å². The molecule has 0 aliphatic rings. The van der Waals surface area contributed by atoms with Crippen molar-refractivity contribution >= 4 is 37.5 Å². The zero-order valence-electron chi connectivity index (χ0n) is 13.4. The second-order valence-corrected chi connectivity index (χ2v) is 7.72. The summed E-state index contributed by atoms with van der Waals surface area (Å²) in [7, 11) is -1.08. The Morgan fingerprint density at radius 2 is 1.88 bits per heavy atom. The van der Waals surface area contributed by atoms with E-state index in [1.165, 1.54) is 32.4 Å². The van der Waals surface area contributed by atoms with Crippen LogP contribution in [0.25, 0.3) is 0 Å². The van der Waals surface area contributed by atoms with Crippen molar-refractivity contribution in [3.63, 3.8) is 0 Å². The first kappa shape index (κ1) is 18.4. The van der Waals surface area contributed by atoms with Gasteiger partial charge in [0.15, 0.2) is 0 Å². The van der Waals surface area contributed by atoms with Gasteiger partial charge in [-0.2, -0.15) is 0 Å². The Morgan fingerprint density at radius 3 is 2.46 bits per heavy atom. The smallest absolute Gasteiger partial charge is 0.255 e. The lowest BCUT2D eigenvalue weighted by molar-refractivity contribution is 0.102. The molecule has 128 valence electrons. The number of ether oxygens (including phenoxy) is 1. The second-order valence-electron chi connectivity index (χ2n) is 5.01. The molecule has 2 rings (SSSR count). The van der Waals surface area contributed by atoms with E-state index in [0.717, 1.165) is 10.0 Å². The van der Waals surface area contributed by atoms with Crippen molar-refractivity contribution in [3.8, 4) is 5.75 Å². The third-order valence-electron chi connectivity index (χ3n) is 3.36. The van der Waals surface area contributed by atoms with E-state index >= 15 is 0 Å². The number of aryl methyl sites for hydroxylation is 1. The molecular formula is C16H17BrN2O4S. The number of rotatable bonds is 5. The first-order valence-electron chi connectivity index (χ1n) is 6.97. The van der Waals surface area contributed by atoms with Gasteiger partial charge in [0.1, 0.15) is 10.6 Å². The molecule has 0 fully saturated rings. The van der Waals surface area contributed by atoms with Crippen molar-refractivity contribution in [2.75, 3.05) is 19.5 Å². The molecule has 8 heteroatoms. The van der Waals surface area contributed by atoms with Crippen LogP contribution in [0.15, 0.2) is 45.8 Å². The topological polar surface area (TPSA) is 84.5 Å². The van der Waals surface area contributed by atoms with E-state index < -0.39 is 15.9 Å². The number of methoxy groups -OCH3 is 1. The van der Waals surface area contributed by atoms with Crippen molar-refractivity contribution in [3.05, 3.63) is 52.0 Å². The minimum Gasteiger partial charge on any atom is -0.495 e. The van der Waals surface area contributed by atoms with Crippen LogP contribution in [0.3, 0.4) is 0 Å². The number of hydrogen-bond acceptors (Lipinski definition) is 4. The first-order chi connectivity index (χ1) is 11.3. The fraction of sp³-hybridized carbons (Fsp3) is 0.188. The zero-order chi connectivity index (χ0) is 17.9. The Morgan fingerprint density at radius 1 is 1.17 bits per heavy atom. The van der Waals surface area contributed by atoms with Gasteiger partial charge in [0, 0.05) is 10.0 Å². The largest absolute Gasteiger partial charge is 0.495 e. The van der Waals surface area contributed by atoms with Gasteiger partial charge in [-0.25, -0.2) is 13.1 Å². The zero-order valence-corrected chi connectivity index (χ0v) is 15.8. The third kappa shape index (κ3) is 3.95.